The van der Waals surface area contributed by atoms with Crippen molar-refractivity contribution in [1.82, 2.24) is 18.8 Å². The highest BCUT2D eigenvalue weighted by molar-refractivity contribution is 7.89. The number of carbonyl (C=O) groups is 1. The van der Waals surface area contributed by atoms with Crippen LogP contribution in [-0.2, 0) is 21.4 Å². The van der Waals surface area contributed by atoms with Crippen LogP contribution in [0.2, 0.25) is 0 Å². The lowest BCUT2D eigenvalue weighted by Crippen LogP contribution is -2.40. The summed E-state index contributed by atoms with van der Waals surface area (Å²) >= 11 is 0. The lowest BCUT2D eigenvalue weighted by Gasteiger charge is -2.22. The first kappa shape index (κ1) is 21.1. The van der Waals surface area contributed by atoms with Gasteiger partial charge in [-0.15, -0.1) is 0 Å². The van der Waals surface area contributed by atoms with Crippen molar-refractivity contribution >= 4 is 27.0 Å². The quantitative estimate of drug-likeness (QED) is 0.608. The molecule has 10 heteroatoms. The second-order valence-electron chi connectivity index (χ2n) is 7.26. The van der Waals surface area contributed by atoms with Gasteiger partial charge in [-0.2, -0.15) is 4.31 Å². The molecule has 162 valence electrons. The van der Waals surface area contributed by atoms with Gasteiger partial charge >= 0.3 is 0 Å². The molecule has 0 atom stereocenters. The number of amides is 1. The van der Waals surface area contributed by atoms with Gasteiger partial charge in [0, 0.05) is 26.2 Å². The van der Waals surface area contributed by atoms with Crippen LogP contribution in [0.15, 0.2) is 64.4 Å². The molecule has 8 nitrogen and oxygen atoms in total. The molecule has 0 spiro atoms. The van der Waals surface area contributed by atoms with Crippen molar-refractivity contribution in [2.24, 2.45) is 0 Å². The zero-order chi connectivity index (χ0) is 22.0. The van der Waals surface area contributed by atoms with E-state index < -0.39 is 15.8 Å². The van der Waals surface area contributed by atoms with E-state index in [4.69, 9.17) is 0 Å². The lowest BCUT2D eigenvalue weighted by molar-refractivity contribution is -0.131. The third-order valence-corrected chi connectivity index (χ3v) is 7.22. The number of sulfonamides is 1. The smallest absolute Gasteiger partial charge is 0.269 e. The summed E-state index contributed by atoms with van der Waals surface area (Å²) in [5.41, 5.74) is 0.809. The number of carbonyl (C=O) groups excluding carboxylic acids is 1. The molecule has 1 amide bonds. The van der Waals surface area contributed by atoms with E-state index >= 15 is 0 Å². The first-order valence-electron chi connectivity index (χ1n) is 9.84. The summed E-state index contributed by atoms with van der Waals surface area (Å²) in [5, 5.41) is 0. The molecular weight excluding hydrogens is 423 g/mol. The van der Waals surface area contributed by atoms with Crippen LogP contribution in [0.25, 0.3) is 11.0 Å². The van der Waals surface area contributed by atoms with Gasteiger partial charge in [0.1, 0.15) is 12.4 Å². The molecule has 0 radical (unpaired) electrons. The van der Waals surface area contributed by atoms with Crippen molar-refractivity contribution in [3.05, 3.63) is 70.9 Å². The fourth-order valence-electron chi connectivity index (χ4n) is 3.65. The zero-order valence-corrected chi connectivity index (χ0v) is 17.5. The molecule has 1 aromatic heterocycles. The molecule has 2 aromatic carbocycles. The molecule has 0 N–H and O–H groups in total. The highest BCUT2D eigenvalue weighted by Gasteiger charge is 2.28. The lowest BCUT2D eigenvalue weighted by atomic mass is 10.3. The van der Waals surface area contributed by atoms with E-state index in [-0.39, 0.29) is 42.5 Å². The maximum atomic E-state index is 13.1. The normalized spacial score (nSPS) is 15.7. The summed E-state index contributed by atoms with van der Waals surface area (Å²) in [5.74, 6) is -0.773. The highest BCUT2D eigenvalue weighted by atomic mass is 32.2. The molecule has 1 saturated heterocycles. The van der Waals surface area contributed by atoms with Crippen molar-refractivity contribution in [3.63, 3.8) is 0 Å². The van der Waals surface area contributed by atoms with E-state index in [9.17, 15) is 22.4 Å². The van der Waals surface area contributed by atoms with Gasteiger partial charge in [-0.3, -0.25) is 14.2 Å². The first-order valence-corrected chi connectivity index (χ1v) is 11.3. The second kappa shape index (κ2) is 8.56. The molecule has 31 heavy (non-hydrogen) atoms. The maximum absolute atomic E-state index is 13.1. The summed E-state index contributed by atoms with van der Waals surface area (Å²) in [6.45, 7) is 0.814. The molecule has 2 heterocycles. The minimum atomic E-state index is -3.78. The number of rotatable bonds is 4. The van der Waals surface area contributed by atoms with Crippen LogP contribution in [0.1, 0.15) is 6.42 Å². The number of hydrogen-bond donors (Lipinski definition) is 0. The Hall–Kier alpha value is -3.11. The van der Waals surface area contributed by atoms with Crippen LogP contribution < -0.4 is 5.56 Å². The molecule has 1 fully saturated rings. The highest BCUT2D eigenvalue weighted by Crippen LogP contribution is 2.18. The first-order chi connectivity index (χ1) is 14.9. The Balaban J connectivity index is 1.49. The number of para-hydroxylation sites is 2. The Morgan fingerprint density at radius 3 is 2.52 bits per heavy atom. The van der Waals surface area contributed by atoms with E-state index in [1.165, 1.54) is 27.2 Å². The van der Waals surface area contributed by atoms with Gasteiger partial charge in [0.2, 0.25) is 15.9 Å². The number of nitrogens with zero attached hydrogens (tertiary/aromatic N) is 4. The Labute approximate surface area is 178 Å². The molecule has 0 bridgehead atoms. The van der Waals surface area contributed by atoms with Gasteiger partial charge < -0.3 is 4.90 Å². The van der Waals surface area contributed by atoms with Crippen molar-refractivity contribution in [2.75, 3.05) is 26.2 Å². The summed E-state index contributed by atoms with van der Waals surface area (Å²) in [6, 6.07) is 11.8. The molecule has 0 saturated carbocycles. The summed E-state index contributed by atoms with van der Waals surface area (Å²) in [4.78, 5) is 30.9. The van der Waals surface area contributed by atoms with Crippen molar-refractivity contribution < 1.29 is 17.6 Å². The monoisotopic (exact) mass is 444 g/mol. The van der Waals surface area contributed by atoms with Crippen LogP contribution in [0.5, 0.6) is 0 Å². The number of fused-ring (bicyclic) bond motifs is 1. The van der Waals surface area contributed by atoms with E-state index in [1.807, 2.05) is 0 Å². The van der Waals surface area contributed by atoms with Crippen molar-refractivity contribution in [1.29, 1.82) is 0 Å². The average Bonchev–Trinajstić information content (AvgIpc) is 3.03. The van der Waals surface area contributed by atoms with Crippen molar-refractivity contribution in [2.45, 2.75) is 17.9 Å². The molecule has 0 aliphatic carbocycles. The van der Waals surface area contributed by atoms with E-state index in [0.29, 0.717) is 24.0 Å². The molecule has 4 rings (SSSR count). The molecule has 3 aromatic rings. The SMILES string of the molecule is O=C(Cn1c(=O)cnc2ccccc21)N1CCCN(S(=O)(=O)c2ccc(F)cc2)CC1. The van der Waals surface area contributed by atoms with Crippen LogP contribution in [0, 0.1) is 5.82 Å². The minimum absolute atomic E-state index is 0.0171. The fourth-order valence-corrected chi connectivity index (χ4v) is 5.12. The van der Waals surface area contributed by atoms with Crippen LogP contribution in [-0.4, -0.2) is 59.3 Å². The maximum Gasteiger partial charge on any atom is 0.269 e. The zero-order valence-electron chi connectivity index (χ0n) is 16.6. The number of aromatic nitrogens is 2. The van der Waals surface area contributed by atoms with Gasteiger partial charge in [0.25, 0.3) is 5.56 Å². The predicted octanol–water partition coefficient (Wildman–Crippen LogP) is 1.46. The Morgan fingerprint density at radius 2 is 1.74 bits per heavy atom. The third-order valence-electron chi connectivity index (χ3n) is 5.30. The van der Waals surface area contributed by atoms with Gasteiger partial charge in [-0.05, 0) is 42.8 Å². The number of halogens is 1. The molecule has 1 aliphatic rings. The third kappa shape index (κ3) is 4.35. The van der Waals surface area contributed by atoms with Gasteiger partial charge in [-0.25, -0.2) is 17.8 Å². The van der Waals surface area contributed by atoms with Gasteiger partial charge in [0.05, 0.1) is 22.1 Å². The van der Waals surface area contributed by atoms with Crippen LogP contribution in [0.3, 0.4) is 0 Å². The van der Waals surface area contributed by atoms with Crippen molar-refractivity contribution in [3.8, 4) is 0 Å². The largest absolute Gasteiger partial charge is 0.340 e. The van der Waals surface area contributed by atoms with Crippen LogP contribution >= 0.6 is 0 Å². The predicted molar refractivity (Wildman–Crippen MR) is 112 cm³/mol. The molecule has 0 unspecified atom stereocenters. The summed E-state index contributed by atoms with van der Waals surface area (Å²) in [7, 11) is -3.78. The van der Waals surface area contributed by atoms with Crippen LogP contribution in [0.4, 0.5) is 4.39 Å². The standard InChI is InChI=1S/C21H21FN4O4S/c22-16-6-8-17(9-7-16)31(29,30)25-11-3-10-24(12-13-25)21(28)15-26-19-5-2-1-4-18(19)23-14-20(26)27/h1-2,4-9,14H,3,10-13,15H2. The summed E-state index contributed by atoms with van der Waals surface area (Å²) in [6.07, 6.45) is 1.65. The van der Waals surface area contributed by atoms with Gasteiger partial charge in [-0.1, -0.05) is 12.1 Å². The van der Waals surface area contributed by atoms with Gasteiger partial charge in [0.15, 0.2) is 0 Å². The number of hydrogen-bond acceptors (Lipinski definition) is 5. The van der Waals surface area contributed by atoms with E-state index in [2.05, 4.69) is 4.98 Å². The Kier molecular flexibility index (Phi) is 5.84. The molecule has 1 aliphatic heterocycles. The van der Waals surface area contributed by atoms with E-state index in [1.54, 1.807) is 29.2 Å². The number of benzene rings is 2. The Morgan fingerprint density at radius 1 is 1.00 bits per heavy atom. The Bertz CT molecular complexity index is 1270. The van der Waals surface area contributed by atoms with E-state index in [0.717, 1.165) is 12.1 Å². The minimum Gasteiger partial charge on any atom is -0.340 e. The summed E-state index contributed by atoms with van der Waals surface area (Å²) < 4.78 is 41.5. The fraction of sp³-hybridized carbons (Fsp3) is 0.286. The molecular formula is C21H21FN4O4S. The second-order valence-corrected chi connectivity index (χ2v) is 9.20. The average molecular weight is 444 g/mol. The topological polar surface area (TPSA) is 92.6 Å².